The van der Waals surface area contributed by atoms with Gasteiger partial charge in [0.25, 0.3) is 0 Å². The van der Waals surface area contributed by atoms with Gasteiger partial charge in [0.2, 0.25) is 0 Å². The molecule has 0 saturated heterocycles. The maximum absolute atomic E-state index is 8.96. The Balaban J connectivity index is 1.87. The van der Waals surface area contributed by atoms with E-state index in [9.17, 15) is 0 Å². The van der Waals surface area contributed by atoms with Crippen LogP contribution >= 0.6 is 0 Å². The highest BCUT2D eigenvalue weighted by Gasteiger charge is 2.27. The molecule has 0 heterocycles. The normalized spacial score (nSPS) is 23.3. The van der Waals surface area contributed by atoms with Crippen molar-refractivity contribution in [2.45, 2.75) is 32.0 Å². The number of hydrogen-bond donors (Lipinski definition) is 0. The minimum Gasteiger partial charge on any atom is -0.497 e. The zero-order valence-corrected chi connectivity index (χ0v) is 10.1. The lowest BCUT2D eigenvalue weighted by atomic mass is 10.1. The fourth-order valence-electron chi connectivity index (χ4n) is 2.20. The first kappa shape index (κ1) is 11.9. The molecule has 17 heavy (non-hydrogen) atoms. The van der Waals surface area contributed by atoms with Gasteiger partial charge in [-0.25, -0.2) is 0 Å². The number of nitrogens with zero attached hydrogens (tertiary/aromatic N) is 1. The molecule has 0 bridgehead atoms. The number of nitriles is 1. The van der Waals surface area contributed by atoms with E-state index in [0.29, 0.717) is 6.61 Å². The summed E-state index contributed by atoms with van der Waals surface area (Å²) >= 11 is 0. The summed E-state index contributed by atoms with van der Waals surface area (Å²) in [5.41, 5.74) is 1.12. The molecule has 1 aliphatic carbocycles. The second-order valence-corrected chi connectivity index (χ2v) is 4.36. The van der Waals surface area contributed by atoms with Crippen LogP contribution in [-0.4, -0.2) is 13.2 Å². The van der Waals surface area contributed by atoms with Crippen LogP contribution in [-0.2, 0) is 11.3 Å². The lowest BCUT2D eigenvalue weighted by Gasteiger charge is -2.14. The number of methoxy groups -OCH3 is 1. The SMILES string of the molecule is COc1ccc(COC2CCCC2C#N)cc1. The molecule has 1 fully saturated rings. The van der Waals surface area contributed by atoms with Crippen molar-refractivity contribution in [1.29, 1.82) is 5.26 Å². The molecule has 90 valence electrons. The van der Waals surface area contributed by atoms with Gasteiger partial charge in [-0.05, 0) is 37.0 Å². The van der Waals surface area contributed by atoms with Crippen molar-refractivity contribution >= 4 is 0 Å². The van der Waals surface area contributed by atoms with Gasteiger partial charge < -0.3 is 9.47 Å². The molecule has 2 unspecified atom stereocenters. The summed E-state index contributed by atoms with van der Waals surface area (Å²) in [5, 5.41) is 8.96. The Morgan fingerprint density at radius 3 is 2.71 bits per heavy atom. The van der Waals surface area contributed by atoms with E-state index in [0.717, 1.165) is 30.6 Å². The first-order valence-corrected chi connectivity index (χ1v) is 5.97. The third kappa shape index (κ3) is 2.98. The Labute approximate surface area is 102 Å². The van der Waals surface area contributed by atoms with E-state index in [1.807, 2.05) is 24.3 Å². The maximum Gasteiger partial charge on any atom is 0.118 e. The molecule has 0 spiro atoms. The van der Waals surface area contributed by atoms with Gasteiger partial charge in [-0.1, -0.05) is 12.1 Å². The molecule has 0 amide bonds. The molecule has 1 saturated carbocycles. The zero-order chi connectivity index (χ0) is 12.1. The van der Waals surface area contributed by atoms with Crippen LogP contribution in [0.3, 0.4) is 0 Å². The Hall–Kier alpha value is -1.53. The van der Waals surface area contributed by atoms with Gasteiger partial charge in [-0.3, -0.25) is 0 Å². The maximum atomic E-state index is 8.96. The number of benzene rings is 1. The van der Waals surface area contributed by atoms with Crippen molar-refractivity contribution in [2.24, 2.45) is 5.92 Å². The first-order valence-electron chi connectivity index (χ1n) is 5.97. The number of hydrogen-bond acceptors (Lipinski definition) is 3. The van der Waals surface area contributed by atoms with Gasteiger partial charge >= 0.3 is 0 Å². The molecular formula is C14H17NO2. The minimum absolute atomic E-state index is 0.0771. The van der Waals surface area contributed by atoms with E-state index >= 15 is 0 Å². The van der Waals surface area contributed by atoms with Gasteiger partial charge in [-0.2, -0.15) is 5.26 Å². The zero-order valence-electron chi connectivity index (χ0n) is 10.1. The highest BCUT2D eigenvalue weighted by molar-refractivity contribution is 5.26. The van der Waals surface area contributed by atoms with E-state index < -0.39 is 0 Å². The quantitative estimate of drug-likeness (QED) is 0.800. The molecule has 3 nitrogen and oxygen atoms in total. The summed E-state index contributed by atoms with van der Waals surface area (Å²) in [7, 11) is 1.65. The van der Waals surface area contributed by atoms with Crippen molar-refractivity contribution in [3.8, 4) is 11.8 Å². The fraction of sp³-hybridized carbons (Fsp3) is 0.500. The molecule has 0 aromatic heterocycles. The van der Waals surface area contributed by atoms with E-state index in [-0.39, 0.29) is 12.0 Å². The lowest BCUT2D eigenvalue weighted by molar-refractivity contribution is 0.0290. The molecule has 3 heteroatoms. The summed E-state index contributed by atoms with van der Waals surface area (Å²) < 4.78 is 10.9. The third-order valence-electron chi connectivity index (χ3n) is 3.24. The largest absolute Gasteiger partial charge is 0.497 e. The average molecular weight is 231 g/mol. The predicted octanol–water partition coefficient (Wildman–Crippen LogP) is 2.90. The summed E-state index contributed by atoms with van der Waals surface area (Å²) in [6, 6.07) is 10.2. The van der Waals surface area contributed by atoms with Gasteiger partial charge in [0, 0.05) is 0 Å². The predicted molar refractivity (Wildman–Crippen MR) is 64.5 cm³/mol. The van der Waals surface area contributed by atoms with Gasteiger partial charge in [0.05, 0.1) is 31.8 Å². The number of rotatable bonds is 4. The molecule has 1 aromatic carbocycles. The molecule has 0 N–H and O–H groups in total. The average Bonchev–Trinajstić information content (AvgIpc) is 2.84. The second-order valence-electron chi connectivity index (χ2n) is 4.36. The van der Waals surface area contributed by atoms with Crippen LogP contribution in [0.15, 0.2) is 24.3 Å². The van der Waals surface area contributed by atoms with Crippen molar-refractivity contribution in [3.05, 3.63) is 29.8 Å². The third-order valence-corrected chi connectivity index (χ3v) is 3.24. The van der Waals surface area contributed by atoms with E-state index in [4.69, 9.17) is 14.7 Å². The molecule has 2 rings (SSSR count). The van der Waals surface area contributed by atoms with Crippen molar-refractivity contribution in [1.82, 2.24) is 0 Å². The molecule has 0 aliphatic heterocycles. The van der Waals surface area contributed by atoms with Crippen LogP contribution in [0, 0.1) is 17.2 Å². The van der Waals surface area contributed by atoms with Crippen molar-refractivity contribution in [2.75, 3.05) is 7.11 Å². The molecular weight excluding hydrogens is 214 g/mol. The Bertz CT molecular complexity index is 394. The van der Waals surface area contributed by atoms with Gasteiger partial charge in [-0.15, -0.1) is 0 Å². The highest BCUT2D eigenvalue weighted by atomic mass is 16.5. The molecule has 1 aliphatic rings. The summed E-state index contributed by atoms with van der Waals surface area (Å²) in [6.45, 7) is 0.576. The Kier molecular flexibility index (Phi) is 4.00. The highest BCUT2D eigenvalue weighted by Crippen LogP contribution is 2.28. The van der Waals surface area contributed by atoms with Gasteiger partial charge in [0.1, 0.15) is 5.75 Å². The van der Waals surface area contributed by atoms with E-state index in [2.05, 4.69) is 6.07 Å². The lowest BCUT2D eigenvalue weighted by Crippen LogP contribution is -2.16. The van der Waals surface area contributed by atoms with Crippen LogP contribution in [0.2, 0.25) is 0 Å². The van der Waals surface area contributed by atoms with Crippen LogP contribution in [0.25, 0.3) is 0 Å². The van der Waals surface area contributed by atoms with Gasteiger partial charge in [0.15, 0.2) is 0 Å². The molecule has 2 atom stereocenters. The smallest absolute Gasteiger partial charge is 0.118 e. The van der Waals surface area contributed by atoms with Crippen molar-refractivity contribution < 1.29 is 9.47 Å². The van der Waals surface area contributed by atoms with Crippen LogP contribution in [0.4, 0.5) is 0 Å². The van der Waals surface area contributed by atoms with E-state index in [1.54, 1.807) is 7.11 Å². The first-order chi connectivity index (χ1) is 8.33. The monoisotopic (exact) mass is 231 g/mol. The van der Waals surface area contributed by atoms with E-state index in [1.165, 1.54) is 0 Å². The minimum atomic E-state index is 0.0771. The molecule has 0 radical (unpaired) electrons. The topological polar surface area (TPSA) is 42.2 Å². The number of ether oxygens (including phenoxy) is 2. The van der Waals surface area contributed by atoms with Crippen LogP contribution in [0.5, 0.6) is 5.75 Å². The van der Waals surface area contributed by atoms with Crippen LogP contribution in [0.1, 0.15) is 24.8 Å². The Morgan fingerprint density at radius 1 is 1.29 bits per heavy atom. The summed E-state index contributed by atoms with van der Waals surface area (Å²) in [4.78, 5) is 0. The van der Waals surface area contributed by atoms with Crippen molar-refractivity contribution in [3.63, 3.8) is 0 Å². The Morgan fingerprint density at radius 2 is 2.06 bits per heavy atom. The standard InChI is InChI=1S/C14H17NO2/c1-16-13-7-5-11(6-8-13)10-17-14-4-2-3-12(14)9-15/h5-8,12,14H,2-4,10H2,1H3. The second kappa shape index (κ2) is 5.70. The summed E-state index contributed by atoms with van der Waals surface area (Å²) in [6.07, 6.45) is 3.20. The van der Waals surface area contributed by atoms with Crippen LogP contribution < -0.4 is 4.74 Å². The fourth-order valence-corrected chi connectivity index (χ4v) is 2.20. The molecule has 1 aromatic rings. The summed E-state index contributed by atoms with van der Waals surface area (Å²) in [5.74, 6) is 0.928.